The van der Waals surface area contributed by atoms with E-state index in [0.717, 1.165) is 17.9 Å². The summed E-state index contributed by atoms with van der Waals surface area (Å²) in [5.74, 6) is 0.756. The van der Waals surface area contributed by atoms with Crippen molar-refractivity contribution in [3.05, 3.63) is 24.3 Å². The van der Waals surface area contributed by atoms with Crippen molar-refractivity contribution in [2.45, 2.75) is 32.4 Å². The Bertz CT molecular complexity index is 376. The Morgan fingerprint density at radius 2 is 1.94 bits per heavy atom. The smallest absolute Gasteiger partial charge is 0.319 e. The fraction of sp³-hybridized carbons (Fsp3) is 0.462. The van der Waals surface area contributed by atoms with Crippen LogP contribution in [0.25, 0.3) is 0 Å². The van der Waals surface area contributed by atoms with Crippen LogP contribution in [0.2, 0.25) is 0 Å². The number of rotatable bonds is 5. The van der Waals surface area contributed by atoms with E-state index in [1.807, 2.05) is 13.8 Å². The van der Waals surface area contributed by atoms with Gasteiger partial charge in [-0.15, -0.1) is 0 Å². The maximum atomic E-state index is 11.7. The van der Waals surface area contributed by atoms with E-state index in [2.05, 4.69) is 10.6 Å². The molecule has 0 bridgehead atoms. The van der Waals surface area contributed by atoms with Crippen molar-refractivity contribution in [1.82, 2.24) is 5.32 Å². The zero-order chi connectivity index (χ0) is 13.5. The van der Waals surface area contributed by atoms with E-state index in [1.54, 1.807) is 31.4 Å². The average Bonchev–Trinajstić information content (AvgIpc) is 2.28. The third kappa shape index (κ3) is 5.05. The molecule has 0 aromatic heterocycles. The Morgan fingerprint density at radius 3 is 2.44 bits per heavy atom. The molecule has 2 amide bonds. The fourth-order valence-electron chi connectivity index (χ4n) is 1.68. The first kappa shape index (κ1) is 14.3. The highest BCUT2D eigenvalue weighted by Gasteiger charge is 2.09. The van der Waals surface area contributed by atoms with Crippen LogP contribution in [-0.4, -0.2) is 25.2 Å². The van der Waals surface area contributed by atoms with Crippen LogP contribution in [0.4, 0.5) is 10.5 Å². The number of hydrogen-bond acceptors (Lipinski definition) is 3. The van der Waals surface area contributed by atoms with Crippen LogP contribution in [0, 0.1) is 0 Å². The average molecular weight is 251 g/mol. The number of urea groups is 1. The molecule has 0 spiro atoms. The van der Waals surface area contributed by atoms with Gasteiger partial charge in [0.25, 0.3) is 0 Å². The minimum absolute atomic E-state index is 0.0447. The summed E-state index contributed by atoms with van der Waals surface area (Å²) in [6.45, 7) is 3.84. The predicted octanol–water partition coefficient (Wildman–Crippen LogP) is 1.94. The first-order valence-electron chi connectivity index (χ1n) is 5.98. The third-order valence-electron chi connectivity index (χ3n) is 2.45. The van der Waals surface area contributed by atoms with E-state index in [1.165, 1.54) is 0 Å². The molecule has 1 aromatic rings. The van der Waals surface area contributed by atoms with Crippen LogP contribution >= 0.6 is 0 Å². The van der Waals surface area contributed by atoms with Crippen molar-refractivity contribution in [3.63, 3.8) is 0 Å². The van der Waals surface area contributed by atoms with Gasteiger partial charge in [-0.25, -0.2) is 4.79 Å². The molecule has 0 aliphatic rings. The predicted molar refractivity (Wildman–Crippen MR) is 72.9 cm³/mol. The zero-order valence-electron chi connectivity index (χ0n) is 11.1. The topological polar surface area (TPSA) is 76.4 Å². The molecule has 2 atom stereocenters. The second-order valence-electron chi connectivity index (χ2n) is 4.44. The van der Waals surface area contributed by atoms with Crippen LogP contribution < -0.4 is 21.1 Å². The van der Waals surface area contributed by atoms with E-state index < -0.39 is 0 Å². The molecule has 0 saturated heterocycles. The number of hydrogen-bond donors (Lipinski definition) is 3. The maximum Gasteiger partial charge on any atom is 0.319 e. The molecular formula is C13H21N3O2. The highest BCUT2D eigenvalue weighted by molar-refractivity contribution is 5.89. The number of anilines is 1. The first-order valence-corrected chi connectivity index (χ1v) is 5.98. The largest absolute Gasteiger partial charge is 0.497 e. The van der Waals surface area contributed by atoms with Crippen molar-refractivity contribution in [3.8, 4) is 5.75 Å². The van der Waals surface area contributed by atoms with Gasteiger partial charge in [0, 0.05) is 17.8 Å². The molecule has 18 heavy (non-hydrogen) atoms. The summed E-state index contributed by atoms with van der Waals surface area (Å²) in [4.78, 5) is 11.7. The van der Waals surface area contributed by atoms with Crippen LogP contribution in [0.3, 0.4) is 0 Å². The molecule has 0 heterocycles. The van der Waals surface area contributed by atoms with Crippen LogP contribution in [0.15, 0.2) is 24.3 Å². The van der Waals surface area contributed by atoms with Crippen LogP contribution in [0.1, 0.15) is 20.3 Å². The van der Waals surface area contributed by atoms with Crippen molar-refractivity contribution in [2.24, 2.45) is 5.73 Å². The molecule has 1 aromatic carbocycles. The molecule has 5 heteroatoms. The first-order chi connectivity index (χ1) is 8.51. The lowest BCUT2D eigenvalue weighted by Crippen LogP contribution is -2.39. The van der Waals surface area contributed by atoms with E-state index in [4.69, 9.17) is 10.5 Å². The number of benzene rings is 1. The minimum Gasteiger partial charge on any atom is -0.497 e. The number of ether oxygens (including phenoxy) is 1. The zero-order valence-corrected chi connectivity index (χ0v) is 11.1. The maximum absolute atomic E-state index is 11.7. The number of nitrogens with two attached hydrogens (primary N) is 1. The highest BCUT2D eigenvalue weighted by Crippen LogP contribution is 2.14. The molecule has 0 aliphatic carbocycles. The van der Waals surface area contributed by atoms with Gasteiger partial charge in [-0.2, -0.15) is 0 Å². The minimum atomic E-state index is -0.228. The molecule has 2 unspecified atom stereocenters. The lowest BCUT2D eigenvalue weighted by atomic mass is 10.1. The number of amides is 2. The summed E-state index contributed by atoms with van der Waals surface area (Å²) < 4.78 is 5.04. The number of nitrogens with one attached hydrogen (secondary N) is 2. The molecule has 0 radical (unpaired) electrons. The second-order valence-corrected chi connectivity index (χ2v) is 4.44. The molecule has 0 fully saturated rings. The molecule has 1 rings (SSSR count). The highest BCUT2D eigenvalue weighted by atomic mass is 16.5. The monoisotopic (exact) mass is 251 g/mol. The second kappa shape index (κ2) is 6.86. The Balaban J connectivity index is 2.43. The Morgan fingerprint density at radius 1 is 1.33 bits per heavy atom. The van der Waals surface area contributed by atoms with E-state index in [-0.39, 0.29) is 18.1 Å². The molecule has 5 nitrogen and oxygen atoms in total. The molecule has 4 N–H and O–H groups in total. The van der Waals surface area contributed by atoms with Gasteiger partial charge in [0.2, 0.25) is 0 Å². The summed E-state index contributed by atoms with van der Waals surface area (Å²) in [6, 6.07) is 7.04. The molecule has 0 saturated carbocycles. The van der Waals surface area contributed by atoms with Crippen LogP contribution in [-0.2, 0) is 0 Å². The molecule has 0 aliphatic heterocycles. The Kier molecular flexibility index (Phi) is 5.45. The van der Waals surface area contributed by atoms with E-state index in [9.17, 15) is 4.79 Å². The van der Waals surface area contributed by atoms with Crippen molar-refractivity contribution in [2.75, 3.05) is 12.4 Å². The van der Waals surface area contributed by atoms with Gasteiger partial charge >= 0.3 is 6.03 Å². The number of carbonyl (C=O) groups is 1. The van der Waals surface area contributed by atoms with Crippen molar-refractivity contribution < 1.29 is 9.53 Å². The Labute approximate surface area is 108 Å². The number of carbonyl (C=O) groups excluding carboxylic acids is 1. The van der Waals surface area contributed by atoms with Crippen molar-refractivity contribution >= 4 is 11.7 Å². The summed E-state index contributed by atoms with van der Waals surface area (Å²) in [5.41, 5.74) is 6.39. The molecule has 100 valence electrons. The molecular weight excluding hydrogens is 230 g/mol. The fourth-order valence-corrected chi connectivity index (χ4v) is 1.68. The van der Waals surface area contributed by atoms with Gasteiger partial charge in [-0.3, -0.25) is 0 Å². The lowest BCUT2D eigenvalue weighted by molar-refractivity contribution is 0.248. The van der Waals surface area contributed by atoms with Gasteiger partial charge in [-0.1, -0.05) is 0 Å². The van der Waals surface area contributed by atoms with Gasteiger partial charge < -0.3 is 21.1 Å². The Hall–Kier alpha value is -1.75. The number of methoxy groups -OCH3 is 1. The van der Waals surface area contributed by atoms with Crippen molar-refractivity contribution in [1.29, 1.82) is 0 Å². The van der Waals surface area contributed by atoms with Gasteiger partial charge in [0.05, 0.1) is 7.11 Å². The van der Waals surface area contributed by atoms with Gasteiger partial charge in [0.1, 0.15) is 5.75 Å². The SMILES string of the molecule is COc1ccc(NC(=O)NC(C)CC(C)N)cc1. The quantitative estimate of drug-likeness (QED) is 0.748. The van der Waals surface area contributed by atoms with Crippen LogP contribution in [0.5, 0.6) is 5.75 Å². The van der Waals surface area contributed by atoms with E-state index in [0.29, 0.717) is 0 Å². The summed E-state index contributed by atoms with van der Waals surface area (Å²) in [5, 5.41) is 5.58. The summed E-state index contributed by atoms with van der Waals surface area (Å²) in [7, 11) is 1.60. The normalized spacial score (nSPS) is 13.6. The van der Waals surface area contributed by atoms with Gasteiger partial charge in [0.15, 0.2) is 0 Å². The summed E-state index contributed by atoms with van der Waals surface area (Å²) >= 11 is 0. The van der Waals surface area contributed by atoms with E-state index >= 15 is 0 Å². The van der Waals surface area contributed by atoms with Gasteiger partial charge in [-0.05, 0) is 44.5 Å². The standard InChI is InChI=1S/C13H21N3O2/c1-9(14)8-10(2)15-13(17)16-11-4-6-12(18-3)7-5-11/h4-7,9-10H,8,14H2,1-3H3,(H2,15,16,17). The lowest BCUT2D eigenvalue weighted by Gasteiger charge is -2.16. The third-order valence-corrected chi connectivity index (χ3v) is 2.45. The summed E-state index contributed by atoms with van der Waals surface area (Å²) in [6.07, 6.45) is 0.746.